The van der Waals surface area contributed by atoms with Gasteiger partial charge < -0.3 is 5.32 Å². The van der Waals surface area contributed by atoms with Crippen molar-refractivity contribution in [2.24, 2.45) is 0 Å². The molecule has 0 bridgehead atoms. The van der Waals surface area contributed by atoms with Crippen LogP contribution in [0.2, 0.25) is 5.02 Å². The van der Waals surface area contributed by atoms with Crippen molar-refractivity contribution in [2.45, 2.75) is 13.0 Å². The summed E-state index contributed by atoms with van der Waals surface area (Å²) in [6, 6.07) is 21.3. The summed E-state index contributed by atoms with van der Waals surface area (Å²) >= 11 is 5.84. The molecule has 3 heteroatoms. The van der Waals surface area contributed by atoms with E-state index in [1.165, 1.54) is 10.8 Å². The van der Waals surface area contributed by atoms with Gasteiger partial charge in [0.2, 0.25) is 0 Å². The van der Waals surface area contributed by atoms with Gasteiger partial charge in [-0.25, -0.2) is 0 Å². The Morgan fingerprint density at radius 2 is 1.64 bits per heavy atom. The summed E-state index contributed by atoms with van der Waals surface area (Å²) in [6.07, 6.45) is 0. The Labute approximate surface area is 134 Å². The molecule has 22 heavy (non-hydrogen) atoms. The molecule has 0 heterocycles. The number of halogens is 1. The number of amides is 1. The van der Waals surface area contributed by atoms with Gasteiger partial charge in [-0.15, -0.1) is 0 Å². The third kappa shape index (κ3) is 3.12. The van der Waals surface area contributed by atoms with E-state index in [1.54, 1.807) is 24.3 Å². The normalized spacial score (nSPS) is 12.1. The molecule has 0 aliphatic heterocycles. The van der Waals surface area contributed by atoms with E-state index in [1.807, 2.05) is 19.1 Å². The van der Waals surface area contributed by atoms with Crippen molar-refractivity contribution >= 4 is 28.3 Å². The maximum atomic E-state index is 12.2. The fourth-order valence-corrected chi connectivity index (χ4v) is 2.57. The Kier molecular flexibility index (Phi) is 4.12. The maximum absolute atomic E-state index is 12.2. The average molecular weight is 310 g/mol. The molecule has 0 aromatic heterocycles. The van der Waals surface area contributed by atoms with Crippen molar-refractivity contribution in [2.75, 3.05) is 0 Å². The molecule has 1 amide bonds. The van der Waals surface area contributed by atoms with Crippen molar-refractivity contribution in [3.8, 4) is 0 Å². The molecular formula is C19H16ClNO. The zero-order valence-electron chi connectivity index (χ0n) is 12.2. The lowest BCUT2D eigenvalue weighted by molar-refractivity contribution is 0.0940. The van der Waals surface area contributed by atoms with E-state index < -0.39 is 0 Å². The van der Waals surface area contributed by atoms with Gasteiger partial charge in [-0.05, 0) is 53.6 Å². The van der Waals surface area contributed by atoms with E-state index in [4.69, 9.17) is 11.6 Å². The van der Waals surface area contributed by atoms with Gasteiger partial charge in [0.1, 0.15) is 0 Å². The number of benzene rings is 3. The van der Waals surface area contributed by atoms with Crippen LogP contribution in [0.5, 0.6) is 0 Å². The monoisotopic (exact) mass is 309 g/mol. The predicted octanol–water partition coefficient (Wildman–Crippen LogP) is 4.98. The average Bonchev–Trinajstić information content (AvgIpc) is 2.55. The molecule has 110 valence electrons. The standard InChI is InChI=1S/C19H16ClNO/c1-13(21-19(22)15-8-10-18(20)11-9-15)16-7-6-14-4-2-3-5-17(14)12-16/h2-13H,1H3,(H,21,22)/t13-/m1/s1. The summed E-state index contributed by atoms with van der Waals surface area (Å²) in [5.74, 6) is -0.0997. The Hall–Kier alpha value is -2.32. The number of rotatable bonds is 3. The molecule has 0 radical (unpaired) electrons. The molecule has 0 spiro atoms. The van der Waals surface area contributed by atoms with Crippen molar-refractivity contribution in [3.05, 3.63) is 82.9 Å². The van der Waals surface area contributed by atoms with Crippen molar-refractivity contribution < 1.29 is 4.79 Å². The minimum atomic E-state index is -0.0997. The molecular weight excluding hydrogens is 294 g/mol. The summed E-state index contributed by atoms with van der Waals surface area (Å²) in [5.41, 5.74) is 1.69. The van der Waals surface area contributed by atoms with E-state index in [-0.39, 0.29) is 11.9 Å². The van der Waals surface area contributed by atoms with Crippen LogP contribution in [0.25, 0.3) is 10.8 Å². The zero-order valence-corrected chi connectivity index (χ0v) is 13.0. The summed E-state index contributed by atoms with van der Waals surface area (Å²) in [5, 5.41) is 6.01. The summed E-state index contributed by atoms with van der Waals surface area (Å²) < 4.78 is 0. The zero-order chi connectivity index (χ0) is 15.5. The summed E-state index contributed by atoms with van der Waals surface area (Å²) in [6.45, 7) is 1.98. The number of fused-ring (bicyclic) bond motifs is 1. The summed E-state index contributed by atoms with van der Waals surface area (Å²) in [7, 11) is 0. The second kappa shape index (κ2) is 6.20. The number of carbonyl (C=O) groups is 1. The molecule has 1 atom stereocenters. The van der Waals surface area contributed by atoms with Crippen LogP contribution in [0.1, 0.15) is 28.9 Å². The first-order valence-electron chi connectivity index (χ1n) is 7.18. The van der Waals surface area contributed by atoms with E-state index in [0.29, 0.717) is 10.6 Å². The number of hydrogen-bond acceptors (Lipinski definition) is 1. The van der Waals surface area contributed by atoms with Crippen LogP contribution < -0.4 is 5.32 Å². The fraction of sp³-hybridized carbons (Fsp3) is 0.105. The van der Waals surface area contributed by atoms with Gasteiger partial charge in [0.05, 0.1) is 6.04 Å². The molecule has 3 aromatic rings. The second-order valence-corrected chi connectivity index (χ2v) is 5.75. The van der Waals surface area contributed by atoms with Gasteiger partial charge >= 0.3 is 0 Å². The Morgan fingerprint density at radius 3 is 2.36 bits per heavy atom. The summed E-state index contributed by atoms with van der Waals surface area (Å²) in [4.78, 5) is 12.2. The highest BCUT2D eigenvalue weighted by Crippen LogP contribution is 2.20. The molecule has 3 aromatic carbocycles. The van der Waals surface area contributed by atoms with Crippen molar-refractivity contribution in [1.82, 2.24) is 5.32 Å². The first kappa shape index (κ1) is 14.6. The molecule has 0 saturated carbocycles. The van der Waals surface area contributed by atoms with Gasteiger partial charge in [-0.1, -0.05) is 48.0 Å². The topological polar surface area (TPSA) is 29.1 Å². The van der Waals surface area contributed by atoms with Crippen molar-refractivity contribution in [3.63, 3.8) is 0 Å². The number of hydrogen-bond donors (Lipinski definition) is 1. The molecule has 0 aliphatic rings. The number of nitrogens with one attached hydrogen (secondary N) is 1. The third-order valence-electron chi connectivity index (χ3n) is 3.73. The molecule has 3 rings (SSSR count). The Morgan fingerprint density at radius 1 is 0.955 bits per heavy atom. The molecule has 0 saturated heterocycles. The van der Waals surface area contributed by atoms with Crippen molar-refractivity contribution in [1.29, 1.82) is 0 Å². The first-order chi connectivity index (χ1) is 10.6. The predicted molar refractivity (Wildman–Crippen MR) is 91.3 cm³/mol. The van der Waals surface area contributed by atoms with Gasteiger partial charge in [-0.3, -0.25) is 4.79 Å². The fourth-order valence-electron chi connectivity index (χ4n) is 2.44. The SMILES string of the molecule is C[C@@H](NC(=O)c1ccc(Cl)cc1)c1ccc2ccccc2c1. The highest BCUT2D eigenvalue weighted by Gasteiger charge is 2.11. The van der Waals surface area contributed by atoms with E-state index >= 15 is 0 Å². The van der Waals surface area contributed by atoms with Gasteiger partial charge in [0.25, 0.3) is 5.91 Å². The van der Waals surface area contributed by atoms with Gasteiger partial charge in [0, 0.05) is 10.6 Å². The maximum Gasteiger partial charge on any atom is 0.251 e. The van der Waals surface area contributed by atoms with E-state index in [0.717, 1.165) is 5.56 Å². The smallest absolute Gasteiger partial charge is 0.251 e. The largest absolute Gasteiger partial charge is 0.346 e. The van der Waals surface area contributed by atoms with Crippen LogP contribution in [0.3, 0.4) is 0 Å². The molecule has 0 unspecified atom stereocenters. The van der Waals surface area contributed by atoms with E-state index in [9.17, 15) is 4.79 Å². The van der Waals surface area contributed by atoms with Crippen LogP contribution in [-0.4, -0.2) is 5.91 Å². The van der Waals surface area contributed by atoms with Crippen LogP contribution >= 0.6 is 11.6 Å². The minimum absolute atomic E-state index is 0.0622. The van der Waals surface area contributed by atoms with Gasteiger partial charge in [-0.2, -0.15) is 0 Å². The third-order valence-corrected chi connectivity index (χ3v) is 3.98. The van der Waals surface area contributed by atoms with Crippen LogP contribution in [0.4, 0.5) is 0 Å². The lowest BCUT2D eigenvalue weighted by atomic mass is 10.0. The van der Waals surface area contributed by atoms with Crippen LogP contribution in [0.15, 0.2) is 66.7 Å². The number of carbonyl (C=O) groups excluding carboxylic acids is 1. The van der Waals surface area contributed by atoms with Crippen LogP contribution in [0, 0.1) is 0 Å². The first-order valence-corrected chi connectivity index (χ1v) is 7.56. The minimum Gasteiger partial charge on any atom is -0.346 e. The highest BCUT2D eigenvalue weighted by molar-refractivity contribution is 6.30. The highest BCUT2D eigenvalue weighted by atomic mass is 35.5. The molecule has 0 aliphatic carbocycles. The molecule has 0 fully saturated rings. The lowest BCUT2D eigenvalue weighted by Gasteiger charge is -2.15. The lowest BCUT2D eigenvalue weighted by Crippen LogP contribution is -2.26. The van der Waals surface area contributed by atoms with Crippen LogP contribution in [-0.2, 0) is 0 Å². The quantitative estimate of drug-likeness (QED) is 0.726. The van der Waals surface area contributed by atoms with Gasteiger partial charge in [0.15, 0.2) is 0 Å². The molecule has 1 N–H and O–H groups in total. The Balaban J connectivity index is 1.79. The molecule has 2 nitrogen and oxygen atoms in total. The second-order valence-electron chi connectivity index (χ2n) is 5.31. The Bertz CT molecular complexity index is 811. The van der Waals surface area contributed by atoms with E-state index in [2.05, 4.69) is 35.6 Å².